The van der Waals surface area contributed by atoms with Crippen LogP contribution in [0, 0.1) is 0 Å². The minimum Gasteiger partial charge on any atom is -0.357 e. The summed E-state index contributed by atoms with van der Waals surface area (Å²) in [6.45, 7) is 6.59. The van der Waals surface area contributed by atoms with Crippen molar-refractivity contribution in [2.24, 2.45) is 0 Å². The smallest absolute Gasteiger partial charge is 0.132 e. The number of aryl methyl sites for hydroxylation is 2. The van der Waals surface area contributed by atoms with E-state index in [0.29, 0.717) is 0 Å². The number of hydrogen-bond donors (Lipinski definition) is 0. The number of piperidine rings is 1. The van der Waals surface area contributed by atoms with Crippen molar-refractivity contribution in [3.05, 3.63) is 17.6 Å². The summed E-state index contributed by atoms with van der Waals surface area (Å²) < 4.78 is 0. The van der Waals surface area contributed by atoms with Gasteiger partial charge in [-0.1, -0.05) is 13.8 Å². The van der Waals surface area contributed by atoms with E-state index in [-0.39, 0.29) is 0 Å². The summed E-state index contributed by atoms with van der Waals surface area (Å²) in [5.41, 5.74) is 1.17. The van der Waals surface area contributed by atoms with Gasteiger partial charge in [-0.3, -0.25) is 0 Å². The molecule has 2 rings (SSSR count). The highest BCUT2D eigenvalue weighted by Gasteiger charge is 2.13. The summed E-state index contributed by atoms with van der Waals surface area (Å²) in [5, 5.41) is 0. The second-order valence-corrected chi connectivity index (χ2v) is 4.39. The van der Waals surface area contributed by atoms with Gasteiger partial charge in [-0.2, -0.15) is 0 Å². The van der Waals surface area contributed by atoms with Gasteiger partial charge in [-0.15, -0.1) is 0 Å². The number of aromatic nitrogens is 2. The van der Waals surface area contributed by atoms with Crippen LogP contribution in [0.3, 0.4) is 0 Å². The molecule has 1 saturated heterocycles. The van der Waals surface area contributed by atoms with Gasteiger partial charge in [0.2, 0.25) is 0 Å². The van der Waals surface area contributed by atoms with Crippen LogP contribution < -0.4 is 4.90 Å². The van der Waals surface area contributed by atoms with Crippen molar-refractivity contribution >= 4 is 5.82 Å². The summed E-state index contributed by atoms with van der Waals surface area (Å²) in [6, 6.07) is 2.16. The molecule has 16 heavy (non-hydrogen) atoms. The maximum atomic E-state index is 4.64. The summed E-state index contributed by atoms with van der Waals surface area (Å²) in [5.74, 6) is 2.13. The average molecular weight is 219 g/mol. The van der Waals surface area contributed by atoms with Crippen LogP contribution in [0.4, 0.5) is 5.82 Å². The van der Waals surface area contributed by atoms with E-state index in [2.05, 4.69) is 34.8 Å². The monoisotopic (exact) mass is 219 g/mol. The minimum atomic E-state index is 0.925. The van der Waals surface area contributed by atoms with Crippen LogP contribution in [0.1, 0.15) is 44.6 Å². The third-order valence-electron chi connectivity index (χ3n) is 3.17. The quantitative estimate of drug-likeness (QED) is 0.782. The lowest BCUT2D eigenvalue weighted by atomic mass is 10.1. The predicted octanol–water partition coefficient (Wildman–Crippen LogP) is 2.59. The van der Waals surface area contributed by atoms with Crippen LogP contribution in [-0.2, 0) is 12.8 Å². The molecule has 3 nitrogen and oxygen atoms in total. The fourth-order valence-electron chi connectivity index (χ4n) is 2.16. The van der Waals surface area contributed by atoms with Gasteiger partial charge in [0.1, 0.15) is 11.6 Å². The fraction of sp³-hybridized carbons (Fsp3) is 0.692. The van der Waals surface area contributed by atoms with Crippen molar-refractivity contribution < 1.29 is 0 Å². The number of rotatable bonds is 3. The van der Waals surface area contributed by atoms with E-state index in [9.17, 15) is 0 Å². The molecule has 1 aliphatic rings. The molecule has 1 aliphatic heterocycles. The molecule has 2 heterocycles. The Balaban J connectivity index is 2.24. The molecule has 0 amide bonds. The minimum absolute atomic E-state index is 0.925. The van der Waals surface area contributed by atoms with Gasteiger partial charge in [0.15, 0.2) is 0 Å². The van der Waals surface area contributed by atoms with Crippen LogP contribution in [0.5, 0.6) is 0 Å². The van der Waals surface area contributed by atoms with Gasteiger partial charge in [-0.05, 0) is 25.7 Å². The summed E-state index contributed by atoms with van der Waals surface area (Å²) in [6.07, 6.45) is 5.88. The average Bonchev–Trinajstić information content (AvgIpc) is 2.39. The summed E-state index contributed by atoms with van der Waals surface area (Å²) in [4.78, 5) is 11.6. The van der Waals surface area contributed by atoms with E-state index < -0.39 is 0 Å². The highest BCUT2D eigenvalue weighted by molar-refractivity contribution is 5.40. The SMILES string of the molecule is CCc1cc(N2CCCCC2)nc(CC)n1. The van der Waals surface area contributed by atoms with Gasteiger partial charge in [-0.25, -0.2) is 9.97 Å². The molecule has 0 atom stereocenters. The second-order valence-electron chi connectivity index (χ2n) is 4.39. The van der Waals surface area contributed by atoms with Crippen LogP contribution in [0.15, 0.2) is 6.07 Å². The molecule has 0 aromatic carbocycles. The molecule has 1 fully saturated rings. The van der Waals surface area contributed by atoms with Crippen LogP contribution >= 0.6 is 0 Å². The lowest BCUT2D eigenvalue weighted by molar-refractivity contribution is 0.571. The Morgan fingerprint density at radius 3 is 2.44 bits per heavy atom. The molecule has 0 aliphatic carbocycles. The normalized spacial score (nSPS) is 16.5. The van der Waals surface area contributed by atoms with Gasteiger partial charge in [0, 0.05) is 31.3 Å². The first kappa shape index (κ1) is 11.4. The molecule has 0 radical (unpaired) electrons. The Morgan fingerprint density at radius 2 is 1.81 bits per heavy atom. The second kappa shape index (κ2) is 5.28. The van der Waals surface area contributed by atoms with Crippen molar-refractivity contribution in [1.29, 1.82) is 0 Å². The summed E-state index contributed by atoms with van der Waals surface area (Å²) >= 11 is 0. The first-order chi connectivity index (χ1) is 7.83. The van der Waals surface area contributed by atoms with Crippen molar-refractivity contribution in [2.75, 3.05) is 18.0 Å². The molecule has 0 spiro atoms. The Labute approximate surface area is 97.9 Å². The third-order valence-corrected chi connectivity index (χ3v) is 3.17. The van der Waals surface area contributed by atoms with Gasteiger partial charge in [0.05, 0.1) is 0 Å². The van der Waals surface area contributed by atoms with Crippen molar-refractivity contribution in [1.82, 2.24) is 9.97 Å². The zero-order chi connectivity index (χ0) is 11.4. The molecular weight excluding hydrogens is 198 g/mol. The van der Waals surface area contributed by atoms with E-state index in [0.717, 1.165) is 37.6 Å². The molecule has 3 heteroatoms. The van der Waals surface area contributed by atoms with Gasteiger partial charge >= 0.3 is 0 Å². The molecule has 0 unspecified atom stereocenters. The Hall–Kier alpha value is -1.12. The lowest BCUT2D eigenvalue weighted by Gasteiger charge is -2.28. The molecular formula is C13H21N3. The third kappa shape index (κ3) is 2.52. The van der Waals surface area contributed by atoms with Crippen molar-refractivity contribution in [2.45, 2.75) is 46.0 Å². The maximum Gasteiger partial charge on any atom is 0.132 e. The largest absolute Gasteiger partial charge is 0.357 e. The topological polar surface area (TPSA) is 29.0 Å². The Bertz CT molecular complexity index is 321. The standard InChI is InChI=1S/C13H21N3/c1-3-11-10-13(15-12(4-2)14-11)16-8-6-5-7-9-16/h10H,3-9H2,1-2H3. The Morgan fingerprint density at radius 1 is 1.06 bits per heavy atom. The summed E-state index contributed by atoms with van der Waals surface area (Å²) in [7, 11) is 0. The van der Waals surface area contributed by atoms with Gasteiger partial charge < -0.3 is 4.90 Å². The first-order valence-corrected chi connectivity index (χ1v) is 6.45. The predicted molar refractivity (Wildman–Crippen MR) is 66.9 cm³/mol. The highest BCUT2D eigenvalue weighted by atomic mass is 15.2. The molecule has 0 saturated carbocycles. The van der Waals surface area contributed by atoms with Crippen LogP contribution in [0.25, 0.3) is 0 Å². The molecule has 0 bridgehead atoms. The number of anilines is 1. The first-order valence-electron chi connectivity index (χ1n) is 6.45. The molecule has 0 N–H and O–H groups in total. The van der Waals surface area contributed by atoms with E-state index in [1.165, 1.54) is 25.0 Å². The number of hydrogen-bond acceptors (Lipinski definition) is 3. The molecule has 1 aromatic heterocycles. The lowest BCUT2D eigenvalue weighted by Crippen LogP contribution is -2.30. The molecule has 88 valence electrons. The van der Waals surface area contributed by atoms with E-state index >= 15 is 0 Å². The van der Waals surface area contributed by atoms with Crippen LogP contribution in [0.2, 0.25) is 0 Å². The maximum absolute atomic E-state index is 4.64. The van der Waals surface area contributed by atoms with Gasteiger partial charge in [0.25, 0.3) is 0 Å². The van der Waals surface area contributed by atoms with Crippen molar-refractivity contribution in [3.63, 3.8) is 0 Å². The van der Waals surface area contributed by atoms with E-state index in [1.54, 1.807) is 0 Å². The molecule has 1 aromatic rings. The van der Waals surface area contributed by atoms with E-state index in [4.69, 9.17) is 0 Å². The number of nitrogens with zero attached hydrogens (tertiary/aromatic N) is 3. The zero-order valence-electron chi connectivity index (χ0n) is 10.4. The highest BCUT2D eigenvalue weighted by Crippen LogP contribution is 2.18. The Kier molecular flexibility index (Phi) is 3.75. The van der Waals surface area contributed by atoms with E-state index in [1.807, 2.05) is 0 Å². The zero-order valence-corrected chi connectivity index (χ0v) is 10.4. The fourth-order valence-corrected chi connectivity index (χ4v) is 2.16. The van der Waals surface area contributed by atoms with Crippen molar-refractivity contribution in [3.8, 4) is 0 Å². The van der Waals surface area contributed by atoms with Crippen LogP contribution in [-0.4, -0.2) is 23.1 Å².